The van der Waals surface area contributed by atoms with Crippen molar-refractivity contribution in [3.05, 3.63) is 59.7 Å². The van der Waals surface area contributed by atoms with Crippen molar-refractivity contribution in [2.45, 2.75) is 6.42 Å². The molecule has 114 valence electrons. The van der Waals surface area contributed by atoms with Gasteiger partial charge in [0.25, 0.3) is 5.91 Å². The highest BCUT2D eigenvalue weighted by Crippen LogP contribution is 2.39. The van der Waals surface area contributed by atoms with Crippen molar-refractivity contribution in [1.82, 2.24) is 10.2 Å². The number of fused-ring (bicyclic) bond motifs is 3. The zero-order valence-corrected chi connectivity index (χ0v) is 12.3. The number of nitrogens with one attached hydrogen (secondary N) is 2. The molecular weight excluding hydrogens is 293 g/mol. The summed E-state index contributed by atoms with van der Waals surface area (Å²) in [4.78, 5) is 11.1. The highest BCUT2D eigenvalue weighted by molar-refractivity contribution is 5.92. The standard InChI is InChI=1S/C18H14FN3O/c19-10-16(23)20-13-7-5-11(6-8-13)17-15-9-12-3-1-2-4-14(12)18(15)22-21-17/h1-8H,9-10H2,(H,20,23)(H,21,22). The van der Waals surface area contributed by atoms with Crippen molar-refractivity contribution in [3.63, 3.8) is 0 Å². The Kier molecular flexibility index (Phi) is 3.19. The summed E-state index contributed by atoms with van der Waals surface area (Å²) in [6.07, 6.45) is 0.859. The fraction of sp³-hybridized carbons (Fsp3) is 0.111. The van der Waals surface area contributed by atoms with Gasteiger partial charge in [-0.05, 0) is 17.7 Å². The molecule has 0 fully saturated rings. The molecule has 1 heterocycles. The number of benzene rings is 2. The summed E-state index contributed by atoms with van der Waals surface area (Å²) >= 11 is 0. The van der Waals surface area contributed by atoms with Gasteiger partial charge in [0.05, 0.1) is 11.4 Å². The van der Waals surface area contributed by atoms with E-state index in [-0.39, 0.29) is 0 Å². The Balaban J connectivity index is 1.66. The van der Waals surface area contributed by atoms with Crippen LogP contribution in [0, 0.1) is 0 Å². The molecule has 2 aromatic carbocycles. The molecule has 0 unspecified atom stereocenters. The fourth-order valence-electron chi connectivity index (χ4n) is 3.01. The monoisotopic (exact) mass is 307 g/mol. The fourth-order valence-corrected chi connectivity index (χ4v) is 3.01. The van der Waals surface area contributed by atoms with E-state index >= 15 is 0 Å². The molecule has 23 heavy (non-hydrogen) atoms. The van der Waals surface area contributed by atoms with Crippen molar-refractivity contribution >= 4 is 11.6 Å². The molecule has 0 radical (unpaired) electrons. The van der Waals surface area contributed by atoms with Gasteiger partial charge in [0.2, 0.25) is 0 Å². The third kappa shape index (κ3) is 2.30. The summed E-state index contributed by atoms with van der Waals surface area (Å²) in [6, 6.07) is 15.6. The maximum atomic E-state index is 12.2. The lowest BCUT2D eigenvalue weighted by Crippen LogP contribution is -2.12. The highest BCUT2D eigenvalue weighted by atomic mass is 19.1. The molecule has 4 rings (SSSR count). The molecular formula is C18H14FN3O. The van der Waals surface area contributed by atoms with E-state index < -0.39 is 12.6 Å². The van der Waals surface area contributed by atoms with Crippen LogP contribution in [-0.4, -0.2) is 22.8 Å². The van der Waals surface area contributed by atoms with Gasteiger partial charge in [-0.1, -0.05) is 36.4 Å². The normalized spacial score (nSPS) is 11.9. The van der Waals surface area contributed by atoms with E-state index in [1.807, 2.05) is 24.3 Å². The van der Waals surface area contributed by atoms with E-state index in [2.05, 4.69) is 27.6 Å². The number of nitrogens with zero attached hydrogens (tertiary/aromatic N) is 1. The summed E-state index contributed by atoms with van der Waals surface area (Å²) in [6.45, 7) is -1.02. The number of amides is 1. The van der Waals surface area contributed by atoms with Crippen LogP contribution >= 0.6 is 0 Å². The second-order valence-electron chi connectivity index (χ2n) is 5.52. The van der Waals surface area contributed by atoms with Crippen LogP contribution in [0.25, 0.3) is 22.5 Å². The summed E-state index contributed by atoms with van der Waals surface area (Å²) in [5.74, 6) is -0.645. The van der Waals surface area contributed by atoms with Crippen LogP contribution < -0.4 is 5.32 Å². The molecule has 2 N–H and O–H groups in total. The summed E-state index contributed by atoms with van der Waals surface area (Å²) in [5.41, 5.74) is 7.22. The van der Waals surface area contributed by atoms with Gasteiger partial charge in [-0.3, -0.25) is 9.89 Å². The van der Waals surface area contributed by atoms with Crippen LogP contribution in [0.5, 0.6) is 0 Å². The van der Waals surface area contributed by atoms with E-state index in [0.717, 1.165) is 23.4 Å². The average Bonchev–Trinajstić information content (AvgIpc) is 3.14. The number of hydrogen-bond acceptors (Lipinski definition) is 2. The molecule has 1 amide bonds. The van der Waals surface area contributed by atoms with Gasteiger partial charge >= 0.3 is 0 Å². The third-order valence-electron chi connectivity index (χ3n) is 4.08. The Bertz CT molecular complexity index is 884. The smallest absolute Gasteiger partial charge is 0.255 e. The minimum Gasteiger partial charge on any atom is -0.324 e. The predicted molar refractivity (Wildman–Crippen MR) is 86.9 cm³/mol. The number of carbonyl (C=O) groups excluding carboxylic acids is 1. The maximum Gasteiger partial charge on any atom is 0.255 e. The van der Waals surface area contributed by atoms with Gasteiger partial charge < -0.3 is 5.32 Å². The second kappa shape index (κ2) is 5.35. The van der Waals surface area contributed by atoms with E-state index in [1.165, 1.54) is 16.7 Å². The molecule has 0 spiro atoms. The van der Waals surface area contributed by atoms with E-state index in [9.17, 15) is 9.18 Å². The number of hydrogen-bond donors (Lipinski definition) is 2. The summed E-state index contributed by atoms with van der Waals surface area (Å²) < 4.78 is 12.2. The molecule has 0 saturated heterocycles. The van der Waals surface area contributed by atoms with E-state index in [4.69, 9.17) is 0 Å². The van der Waals surface area contributed by atoms with Crippen LogP contribution in [0.3, 0.4) is 0 Å². The predicted octanol–water partition coefficient (Wildman–Crippen LogP) is 3.56. The Morgan fingerprint density at radius 1 is 1.17 bits per heavy atom. The molecule has 4 nitrogen and oxygen atoms in total. The van der Waals surface area contributed by atoms with Gasteiger partial charge in [-0.15, -0.1) is 0 Å². The lowest BCUT2D eigenvalue weighted by molar-refractivity contribution is -0.117. The number of H-pyrrole nitrogens is 1. The number of rotatable bonds is 3. The second-order valence-corrected chi connectivity index (χ2v) is 5.52. The Morgan fingerprint density at radius 2 is 1.96 bits per heavy atom. The molecule has 3 aromatic rings. The van der Waals surface area contributed by atoms with Crippen molar-refractivity contribution in [2.24, 2.45) is 0 Å². The van der Waals surface area contributed by atoms with Crippen LogP contribution in [0.2, 0.25) is 0 Å². The zero-order valence-electron chi connectivity index (χ0n) is 12.3. The van der Waals surface area contributed by atoms with Gasteiger partial charge in [0.1, 0.15) is 0 Å². The first kappa shape index (κ1) is 13.7. The number of halogens is 1. The Morgan fingerprint density at radius 3 is 2.74 bits per heavy atom. The molecule has 1 aliphatic carbocycles. The van der Waals surface area contributed by atoms with E-state index in [1.54, 1.807) is 12.1 Å². The summed E-state index contributed by atoms with van der Waals surface area (Å²) in [7, 11) is 0. The van der Waals surface area contributed by atoms with Crippen LogP contribution in [0.1, 0.15) is 11.1 Å². The molecule has 0 aliphatic heterocycles. The molecule has 0 saturated carbocycles. The van der Waals surface area contributed by atoms with Crippen molar-refractivity contribution in [2.75, 3.05) is 12.0 Å². The van der Waals surface area contributed by atoms with Gasteiger partial charge in [-0.25, -0.2) is 4.39 Å². The zero-order chi connectivity index (χ0) is 15.8. The van der Waals surface area contributed by atoms with Gasteiger partial charge in [-0.2, -0.15) is 5.10 Å². The molecule has 0 atom stereocenters. The quantitative estimate of drug-likeness (QED) is 0.608. The van der Waals surface area contributed by atoms with Crippen molar-refractivity contribution in [1.29, 1.82) is 0 Å². The van der Waals surface area contributed by atoms with Crippen LogP contribution in [0.4, 0.5) is 10.1 Å². The SMILES string of the molecule is O=C(CF)Nc1ccc(-c2n[nH]c3c2Cc2ccccc2-3)cc1. The number of alkyl halides is 1. The van der Waals surface area contributed by atoms with Crippen molar-refractivity contribution in [3.8, 4) is 22.5 Å². The molecule has 1 aromatic heterocycles. The lowest BCUT2D eigenvalue weighted by Gasteiger charge is -2.04. The van der Waals surface area contributed by atoms with Crippen molar-refractivity contribution < 1.29 is 9.18 Å². The minimum atomic E-state index is -1.02. The number of aromatic nitrogens is 2. The van der Waals surface area contributed by atoms with Crippen LogP contribution in [-0.2, 0) is 11.2 Å². The number of anilines is 1. The third-order valence-corrected chi connectivity index (χ3v) is 4.08. The Hall–Kier alpha value is -2.95. The van der Waals surface area contributed by atoms with Gasteiger partial charge in [0.15, 0.2) is 6.67 Å². The lowest BCUT2D eigenvalue weighted by atomic mass is 10.1. The first-order chi connectivity index (χ1) is 11.3. The molecule has 0 bridgehead atoms. The minimum absolute atomic E-state index is 0.576. The first-order valence-electron chi connectivity index (χ1n) is 7.38. The number of carbonyl (C=O) groups is 1. The largest absolute Gasteiger partial charge is 0.324 e. The topological polar surface area (TPSA) is 57.8 Å². The highest BCUT2D eigenvalue weighted by Gasteiger charge is 2.24. The molecule has 5 heteroatoms. The summed E-state index contributed by atoms with van der Waals surface area (Å²) in [5, 5.41) is 10.1. The maximum absolute atomic E-state index is 12.2. The van der Waals surface area contributed by atoms with Crippen LogP contribution in [0.15, 0.2) is 48.5 Å². The first-order valence-corrected chi connectivity index (χ1v) is 7.38. The number of aromatic amines is 1. The molecule has 1 aliphatic rings. The average molecular weight is 307 g/mol. The van der Waals surface area contributed by atoms with Gasteiger partial charge in [0, 0.05) is 28.8 Å². The Labute approximate surface area is 132 Å². The van der Waals surface area contributed by atoms with E-state index in [0.29, 0.717) is 5.69 Å².